The summed E-state index contributed by atoms with van der Waals surface area (Å²) in [5.41, 5.74) is 1.45. The summed E-state index contributed by atoms with van der Waals surface area (Å²) in [4.78, 5) is 18.4. The van der Waals surface area contributed by atoms with Gasteiger partial charge in [0.1, 0.15) is 12.0 Å². The van der Waals surface area contributed by atoms with Gasteiger partial charge >= 0.3 is 0 Å². The van der Waals surface area contributed by atoms with Crippen LogP contribution < -0.4 is 10.1 Å². The molecule has 0 spiro atoms. The number of aryl methyl sites for hydroxylation is 1. The zero-order chi connectivity index (χ0) is 14.5. The average Bonchev–Trinajstić information content (AvgIpc) is 2.45. The SMILES string of the molecule is COc1ncccc1CNc1cc(C)c([N+](=O)[O-])cn1. The number of nitrogens with zero attached hydrogens (tertiary/aromatic N) is 3. The molecule has 0 saturated heterocycles. The summed E-state index contributed by atoms with van der Waals surface area (Å²) >= 11 is 0. The summed E-state index contributed by atoms with van der Waals surface area (Å²) in [5.74, 6) is 1.11. The van der Waals surface area contributed by atoms with E-state index in [1.165, 1.54) is 6.20 Å². The summed E-state index contributed by atoms with van der Waals surface area (Å²) < 4.78 is 5.15. The lowest BCUT2D eigenvalue weighted by atomic mass is 10.2. The third kappa shape index (κ3) is 3.00. The van der Waals surface area contributed by atoms with E-state index in [2.05, 4.69) is 15.3 Å². The molecule has 0 unspecified atom stereocenters. The Bertz CT molecular complexity index is 631. The lowest BCUT2D eigenvalue weighted by molar-refractivity contribution is -0.385. The van der Waals surface area contributed by atoms with Crippen molar-refractivity contribution in [2.75, 3.05) is 12.4 Å². The molecule has 2 aromatic heterocycles. The second-order valence-electron chi connectivity index (χ2n) is 4.14. The van der Waals surface area contributed by atoms with E-state index < -0.39 is 4.92 Å². The fourth-order valence-corrected chi connectivity index (χ4v) is 1.76. The third-order valence-electron chi connectivity index (χ3n) is 2.78. The molecule has 0 saturated carbocycles. The number of nitrogens with one attached hydrogen (secondary N) is 1. The molecule has 0 bridgehead atoms. The molecule has 2 rings (SSSR count). The minimum Gasteiger partial charge on any atom is -0.481 e. The first-order chi connectivity index (χ1) is 9.61. The zero-order valence-corrected chi connectivity index (χ0v) is 11.2. The monoisotopic (exact) mass is 274 g/mol. The van der Waals surface area contributed by atoms with E-state index in [1.54, 1.807) is 26.3 Å². The van der Waals surface area contributed by atoms with Crippen LogP contribution in [0, 0.1) is 17.0 Å². The van der Waals surface area contributed by atoms with Gasteiger partial charge in [-0.25, -0.2) is 9.97 Å². The number of hydrogen-bond acceptors (Lipinski definition) is 6. The van der Waals surface area contributed by atoms with Crippen molar-refractivity contribution in [2.45, 2.75) is 13.5 Å². The van der Waals surface area contributed by atoms with Gasteiger partial charge in [0, 0.05) is 23.9 Å². The van der Waals surface area contributed by atoms with Gasteiger partial charge in [-0.15, -0.1) is 0 Å². The molecule has 0 amide bonds. The Hall–Kier alpha value is -2.70. The van der Waals surface area contributed by atoms with Gasteiger partial charge in [-0.1, -0.05) is 6.07 Å². The number of aromatic nitrogens is 2. The van der Waals surface area contributed by atoms with E-state index in [0.29, 0.717) is 23.8 Å². The van der Waals surface area contributed by atoms with E-state index in [9.17, 15) is 10.1 Å². The second kappa shape index (κ2) is 5.96. The summed E-state index contributed by atoms with van der Waals surface area (Å²) in [6, 6.07) is 5.34. The summed E-state index contributed by atoms with van der Waals surface area (Å²) in [7, 11) is 1.56. The maximum Gasteiger partial charge on any atom is 0.290 e. The Labute approximate surface area is 115 Å². The van der Waals surface area contributed by atoms with Crippen LogP contribution in [0.1, 0.15) is 11.1 Å². The van der Waals surface area contributed by atoms with E-state index in [4.69, 9.17) is 4.74 Å². The smallest absolute Gasteiger partial charge is 0.290 e. The first-order valence-corrected chi connectivity index (χ1v) is 5.94. The Balaban J connectivity index is 2.11. The molecule has 2 heterocycles. The lowest BCUT2D eigenvalue weighted by Gasteiger charge is -2.09. The van der Waals surface area contributed by atoms with Gasteiger partial charge in [0.2, 0.25) is 5.88 Å². The number of pyridine rings is 2. The number of hydrogen-bond donors (Lipinski definition) is 1. The fraction of sp³-hybridized carbons (Fsp3) is 0.231. The minimum absolute atomic E-state index is 0.00880. The van der Waals surface area contributed by atoms with Crippen LogP contribution in [0.2, 0.25) is 0 Å². The highest BCUT2D eigenvalue weighted by molar-refractivity contribution is 5.47. The van der Waals surface area contributed by atoms with Crippen molar-refractivity contribution in [1.82, 2.24) is 9.97 Å². The second-order valence-corrected chi connectivity index (χ2v) is 4.14. The largest absolute Gasteiger partial charge is 0.481 e. The number of ether oxygens (including phenoxy) is 1. The van der Waals surface area contributed by atoms with Crippen LogP contribution in [0.25, 0.3) is 0 Å². The molecule has 0 aliphatic carbocycles. The molecule has 1 N–H and O–H groups in total. The van der Waals surface area contributed by atoms with Crippen LogP contribution in [0.15, 0.2) is 30.6 Å². The van der Waals surface area contributed by atoms with Gasteiger partial charge < -0.3 is 10.1 Å². The van der Waals surface area contributed by atoms with Crippen molar-refractivity contribution in [3.8, 4) is 5.88 Å². The highest BCUT2D eigenvalue weighted by atomic mass is 16.6. The van der Waals surface area contributed by atoms with Crippen LogP contribution in [-0.2, 0) is 6.54 Å². The molecular weight excluding hydrogens is 260 g/mol. The van der Waals surface area contributed by atoms with Crippen LogP contribution in [0.4, 0.5) is 11.5 Å². The maximum absolute atomic E-state index is 10.7. The molecule has 7 heteroatoms. The molecule has 104 valence electrons. The van der Waals surface area contributed by atoms with E-state index >= 15 is 0 Å². The number of anilines is 1. The molecule has 0 radical (unpaired) electrons. The van der Waals surface area contributed by atoms with Crippen molar-refractivity contribution in [3.05, 3.63) is 51.8 Å². The van der Waals surface area contributed by atoms with Gasteiger partial charge in [-0.05, 0) is 19.1 Å². The Morgan fingerprint density at radius 1 is 1.45 bits per heavy atom. The summed E-state index contributed by atoms with van der Waals surface area (Å²) in [6.07, 6.45) is 2.90. The van der Waals surface area contributed by atoms with Crippen molar-refractivity contribution in [3.63, 3.8) is 0 Å². The van der Waals surface area contributed by atoms with Crippen molar-refractivity contribution >= 4 is 11.5 Å². The van der Waals surface area contributed by atoms with Gasteiger partial charge in [-0.2, -0.15) is 0 Å². The van der Waals surface area contributed by atoms with Crippen LogP contribution in [-0.4, -0.2) is 22.0 Å². The third-order valence-corrected chi connectivity index (χ3v) is 2.78. The normalized spacial score (nSPS) is 10.1. The molecule has 0 aromatic carbocycles. The highest BCUT2D eigenvalue weighted by Gasteiger charge is 2.11. The molecule has 7 nitrogen and oxygen atoms in total. The minimum atomic E-state index is -0.448. The van der Waals surface area contributed by atoms with Crippen LogP contribution in [0.3, 0.4) is 0 Å². The lowest BCUT2D eigenvalue weighted by Crippen LogP contribution is -2.05. The predicted molar refractivity (Wildman–Crippen MR) is 73.7 cm³/mol. The van der Waals surface area contributed by atoms with E-state index in [0.717, 1.165) is 5.56 Å². The molecule has 2 aromatic rings. The van der Waals surface area contributed by atoms with Gasteiger partial charge in [0.15, 0.2) is 0 Å². The summed E-state index contributed by atoms with van der Waals surface area (Å²) in [5, 5.41) is 13.8. The molecule has 0 atom stereocenters. The van der Waals surface area contributed by atoms with Crippen molar-refractivity contribution < 1.29 is 9.66 Å². The highest BCUT2D eigenvalue weighted by Crippen LogP contribution is 2.20. The molecule has 0 aliphatic rings. The topological polar surface area (TPSA) is 90.2 Å². The van der Waals surface area contributed by atoms with E-state index in [1.807, 2.05) is 12.1 Å². The predicted octanol–water partition coefficient (Wildman–Crippen LogP) is 2.31. The van der Waals surface area contributed by atoms with Crippen LogP contribution in [0.5, 0.6) is 5.88 Å². The molecule has 20 heavy (non-hydrogen) atoms. The fourth-order valence-electron chi connectivity index (χ4n) is 1.76. The molecule has 0 aliphatic heterocycles. The average molecular weight is 274 g/mol. The maximum atomic E-state index is 10.7. The first kappa shape index (κ1) is 13.7. The zero-order valence-electron chi connectivity index (χ0n) is 11.2. The standard InChI is InChI=1S/C13H14N4O3/c1-9-6-12(16-8-11(9)17(18)19)15-7-10-4-3-5-14-13(10)20-2/h3-6,8H,7H2,1-2H3,(H,15,16). The number of rotatable bonds is 5. The van der Waals surface area contributed by atoms with Crippen LogP contribution >= 0.6 is 0 Å². The van der Waals surface area contributed by atoms with Gasteiger partial charge in [0.25, 0.3) is 5.69 Å². The Morgan fingerprint density at radius 2 is 2.25 bits per heavy atom. The molecular formula is C13H14N4O3. The summed E-state index contributed by atoms with van der Waals surface area (Å²) in [6.45, 7) is 2.15. The first-order valence-electron chi connectivity index (χ1n) is 5.94. The Morgan fingerprint density at radius 3 is 2.90 bits per heavy atom. The number of nitro groups is 1. The molecule has 0 fully saturated rings. The van der Waals surface area contributed by atoms with Gasteiger partial charge in [-0.3, -0.25) is 10.1 Å². The number of methoxy groups -OCH3 is 1. The van der Waals surface area contributed by atoms with Crippen molar-refractivity contribution in [2.24, 2.45) is 0 Å². The Kier molecular flexibility index (Phi) is 4.09. The van der Waals surface area contributed by atoms with Gasteiger partial charge in [0.05, 0.1) is 12.0 Å². The van der Waals surface area contributed by atoms with Crippen molar-refractivity contribution in [1.29, 1.82) is 0 Å². The quantitative estimate of drug-likeness (QED) is 0.664. The van der Waals surface area contributed by atoms with E-state index in [-0.39, 0.29) is 5.69 Å².